The fourth-order valence-corrected chi connectivity index (χ4v) is 3.06. The average molecular weight is 275 g/mol. The highest BCUT2D eigenvalue weighted by Crippen LogP contribution is 2.27. The molecule has 1 amide bonds. The lowest BCUT2D eigenvalue weighted by atomic mass is 10.2. The van der Waals surface area contributed by atoms with Gasteiger partial charge >= 0.3 is 0 Å². The van der Waals surface area contributed by atoms with Crippen LogP contribution < -0.4 is 5.32 Å². The second-order valence-corrected chi connectivity index (χ2v) is 5.66. The van der Waals surface area contributed by atoms with Crippen LogP contribution in [-0.2, 0) is 4.79 Å². The van der Waals surface area contributed by atoms with Crippen molar-refractivity contribution >= 4 is 23.4 Å². The zero-order chi connectivity index (χ0) is 13.5. The number of aliphatic hydroxyl groups excluding tert-OH is 1. The molecule has 2 rings (SSSR count). The maximum atomic E-state index is 12.0. The summed E-state index contributed by atoms with van der Waals surface area (Å²) in [5.41, 5.74) is 1.64. The molecule has 19 heavy (non-hydrogen) atoms. The summed E-state index contributed by atoms with van der Waals surface area (Å²) in [5, 5.41) is 11.7. The highest BCUT2D eigenvalue weighted by Gasteiger charge is 2.23. The van der Waals surface area contributed by atoms with Crippen molar-refractivity contribution in [2.45, 2.75) is 24.5 Å². The number of aliphatic hydroxyl groups is 1. The molecular weight excluding hydrogens is 258 g/mol. The van der Waals surface area contributed by atoms with Gasteiger partial charge in [0.1, 0.15) is 0 Å². The molecule has 2 N–H and O–H groups in total. The minimum Gasteiger partial charge on any atom is -0.395 e. The molecule has 0 saturated carbocycles. The first kappa shape index (κ1) is 14.0. The highest BCUT2D eigenvalue weighted by atomic mass is 32.2. The van der Waals surface area contributed by atoms with E-state index in [1.54, 1.807) is 11.8 Å². The monoisotopic (exact) mass is 275 g/mol. The van der Waals surface area contributed by atoms with Crippen LogP contribution in [0.15, 0.2) is 24.3 Å². The Bertz CT molecular complexity index is 498. The normalized spacial score (nSPS) is 17.6. The van der Waals surface area contributed by atoms with Crippen molar-refractivity contribution in [3.8, 4) is 11.8 Å². The molecule has 0 spiro atoms. The van der Waals surface area contributed by atoms with Crippen molar-refractivity contribution in [2.75, 3.05) is 17.7 Å². The SMILES string of the molecule is O=C(Nc1cccc(C#CCCO)c1)C1CCCS1. The predicted octanol–water partition coefficient (Wildman–Crippen LogP) is 2.25. The van der Waals surface area contributed by atoms with E-state index in [0.29, 0.717) is 6.42 Å². The number of hydrogen-bond acceptors (Lipinski definition) is 3. The van der Waals surface area contributed by atoms with Crippen LogP contribution in [-0.4, -0.2) is 28.6 Å². The Morgan fingerprint density at radius 3 is 3.16 bits per heavy atom. The third-order valence-electron chi connectivity index (χ3n) is 2.82. The van der Waals surface area contributed by atoms with E-state index in [9.17, 15) is 4.79 Å². The molecule has 1 atom stereocenters. The van der Waals surface area contributed by atoms with Gasteiger partial charge in [0.2, 0.25) is 5.91 Å². The fourth-order valence-electron chi connectivity index (χ4n) is 1.90. The van der Waals surface area contributed by atoms with Crippen molar-refractivity contribution < 1.29 is 9.90 Å². The van der Waals surface area contributed by atoms with Crippen LogP contribution in [0.1, 0.15) is 24.8 Å². The van der Waals surface area contributed by atoms with E-state index in [4.69, 9.17) is 5.11 Å². The van der Waals surface area contributed by atoms with Gasteiger partial charge in [0, 0.05) is 17.7 Å². The van der Waals surface area contributed by atoms with Crippen molar-refractivity contribution in [1.29, 1.82) is 0 Å². The van der Waals surface area contributed by atoms with Gasteiger partial charge in [0.05, 0.1) is 11.9 Å². The molecule has 0 radical (unpaired) electrons. The summed E-state index contributed by atoms with van der Waals surface area (Å²) < 4.78 is 0. The summed E-state index contributed by atoms with van der Waals surface area (Å²) in [5.74, 6) is 6.99. The van der Waals surface area contributed by atoms with Gasteiger partial charge in [-0.05, 0) is 36.8 Å². The molecule has 3 nitrogen and oxygen atoms in total. The van der Waals surface area contributed by atoms with Crippen LogP contribution in [0.3, 0.4) is 0 Å². The molecule has 100 valence electrons. The molecule has 1 heterocycles. The van der Waals surface area contributed by atoms with Crippen molar-refractivity contribution in [2.24, 2.45) is 0 Å². The van der Waals surface area contributed by atoms with E-state index < -0.39 is 0 Å². The van der Waals surface area contributed by atoms with E-state index in [1.165, 1.54) is 0 Å². The summed E-state index contributed by atoms with van der Waals surface area (Å²) in [6.07, 6.45) is 2.55. The Balaban J connectivity index is 1.98. The standard InChI is InChI=1S/C15H17NO2S/c17-9-2-1-5-12-6-3-7-13(11-12)16-15(18)14-8-4-10-19-14/h3,6-7,11,14,17H,2,4,8-10H2,(H,16,18). The number of carbonyl (C=O) groups is 1. The van der Waals surface area contributed by atoms with Crippen LogP contribution in [0.4, 0.5) is 5.69 Å². The summed E-state index contributed by atoms with van der Waals surface area (Å²) >= 11 is 1.72. The van der Waals surface area contributed by atoms with Gasteiger partial charge in [-0.15, -0.1) is 11.8 Å². The van der Waals surface area contributed by atoms with Gasteiger partial charge in [-0.3, -0.25) is 4.79 Å². The lowest BCUT2D eigenvalue weighted by molar-refractivity contribution is -0.115. The van der Waals surface area contributed by atoms with Gasteiger partial charge < -0.3 is 10.4 Å². The topological polar surface area (TPSA) is 49.3 Å². The molecule has 4 heteroatoms. The Labute approximate surface area is 117 Å². The van der Waals surface area contributed by atoms with Crippen LogP contribution in [0.5, 0.6) is 0 Å². The van der Waals surface area contributed by atoms with Gasteiger partial charge in [-0.25, -0.2) is 0 Å². The predicted molar refractivity (Wildman–Crippen MR) is 79.1 cm³/mol. The van der Waals surface area contributed by atoms with E-state index in [0.717, 1.165) is 29.8 Å². The molecular formula is C15H17NO2S. The molecule has 1 fully saturated rings. The van der Waals surface area contributed by atoms with Gasteiger partial charge in [0.25, 0.3) is 0 Å². The molecule has 1 aliphatic rings. The number of amides is 1. The van der Waals surface area contributed by atoms with E-state index >= 15 is 0 Å². The summed E-state index contributed by atoms with van der Waals surface area (Å²) in [6, 6.07) is 7.50. The second-order valence-electron chi connectivity index (χ2n) is 4.35. The molecule has 0 aliphatic carbocycles. The van der Waals surface area contributed by atoms with Gasteiger partial charge in [-0.2, -0.15) is 0 Å². The summed E-state index contributed by atoms with van der Waals surface area (Å²) in [7, 11) is 0. The van der Waals surface area contributed by atoms with Crippen LogP contribution in [0.2, 0.25) is 0 Å². The molecule has 1 aromatic carbocycles. The zero-order valence-corrected chi connectivity index (χ0v) is 11.5. The summed E-state index contributed by atoms with van der Waals surface area (Å²) in [4.78, 5) is 12.0. The molecule has 1 aliphatic heterocycles. The minimum absolute atomic E-state index is 0.0718. The third kappa shape index (κ3) is 4.30. The molecule has 0 aromatic heterocycles. The Hall–Kier alpha value is -1.44. The fraction of sp³-hybridized carbons (Fsp3) is 0.400. The number of hydrogen-bond donors (Lipinski definition) is 2. The summed E-state index contributed by atoms with van der Waals surface area (Å²) in [6.45, 7) is 0.0718. The van der Waals surface area contributed by atoms with Gasteiger partial charge in [0.15, 0.2) is 0 Å². The lowest BCUT2D eigenvalue weighted by Gasteiger charge is -2.09. The first-order valence-corrected chi connectivity index (χ1v) is 7.47. The van der Waals surface area contributed by atoms with Crippen molar-refractivity contribution in [1.82, 2.24) is 0 Å². The number of rotatable bonds is 3. The Kier molecular flexibility index (Phi) is 5.31. The lowest BCUT2D eigenvalue weighted by Crippen LogP contribution is -2.22. The largest absolute Gasteiger partial charge is 0.395 e. The number of anilines is 1. The van der Waals surface area contributed by atoms with Crippen LogP contribution >= 0.6 is 11.8 Å². The number of benzene rings is 1. The first-order chi connectivity index (χ1) is 9.29. The van der Waals surface area contributed by atoms with Crippen molar-refractivity contribution in [3.63, 3.8) is 0 Å². The number of thioether (sulfide) groups is 1. The maximum Gasteiger partial charge on any atom is 0.237 e. The molecule has 1 aromatic rings. The Morgan fingerprint density at radius 1 is 1.53 bits per heavy atom. The van der Waals surface area contributed by atoms with Crippen LogP contribution in [0, 0.1) is 11.8 Å². The maximum absolute atomic E-state index is 12.0. The van der Waals surface area contributed by atoms with E-state index in [1.807, 2.05) is 24.3 Å². The minimum atomic E-state index is 0.0718. The quantitative estimate of drug-likeness (QED) is 0.832. The average Bonchev–Trinajstić information content (AvgIpc) is 2.93. The van der Waals surface area contributed by atoms with Crippen LogP contribution in [0.25, 0.3) is 0 Å². The molecule has 1 saturated heterocycles. The van der Waals surface area contributed by atoms with Crippen molar-refractivity contribution in [3.05, 3.63) is 29.8 Å². The number of nitrogens with one attached hydrogen (secondary N) is 1. The second kappa shape index (κ2) is 7.22. The Morgan fingerprint density at radius 2 is 2.42 bits per heavy atom. The highest BCUT2D eigenvalue weighted by molar-refractivity contribution is 8.00. The van der Waals surface area contributed by atoms with E-state index in [-0.39, 0.29) is 17.8 Å². The smallest absolute Gasteiger partial charge is 0.237 e. The third-order valence-corrected chi connectivity index (χ3v) is 4.20. The van der Waals surface area contributed by atoms with Gasteiger partial charge in [-0.1, -0.05) is 17.9 Å². The molecule has 0 bridgehead atoms. The molecule has 1 unspecified atom stereocenters. The van der Waals surface area contributed by atoms with E-state index in [2.05, 4.69) is 17.2 Å². The zero-order valence-electron chi connectivity index (χ0n) is 10.7. The first-order valence-electron chi connectivity index (χ1n) is 6.42. The number of carbonyl (C=O) groups excluding carboxylic acids is 1.